The van der Waals surface area contributed by atoms with Gasteiger partial charge in [0.2, 0.25) is 0 Å². The monoisotopic (exact) mass is 374 g/mol. The molecule has 0 aromatic heterocycles. The largest absolute Gasteiger partial charge is 0.465 e. The Balaban J connectivity index is 3.28. The van der Waals surface area contributed by atoms with Crippen molar-refractivity contribution in [2.24, 2.45) is 0 Å². The molecule has 0 amide bonds. The second kappa shape index (κ2) is 4.61. The van der Waals surface area contributed by atoms with Crippen LogP contribution in [0.4, 0.5) is 0 Å². The molecule has 0 aliphatic carbocycles. The van der Waals surface area contributed by atoms with E-state index >= 15 is 0 Å². The topological polar surface area (TPSA) is 26.3 Å². The van der Waals surface area contributed by atoms with E-state index in [1.165, 1.54) is 7.11 Å². The number of hydrogen-bond donors (Lipinski definition) is 0. The molecule has 0 atom stereocenters. The van der Waals surface area contributed by atoms with Crippen LogP contribution < -0.4 is 0 Å². The number of rotatable bonds is 1. The molecule has 0 bridgehead atoms. The van der Waals surface area contributed by atoms with E-state index in [4.69, 9.17) is 11.6 Å². The zero-order chi connectivity index (χ0) is 10.0. The van der Waals surface area contributed by atoms with Crippen LogP contribution in [0.5, 0.6) is 0 Å². The number of carbonyl (C=O) groups is 1. The molecule has 0 unspecified atom stereocenters. The maximum atomic E-state index is 11.3. The minimum absolute atomic E-state index is 0.368. The molecule has 0 aliphatic heterocycles. The summed E-state index contributed by atoms with van der Waals surface area (Å²) >= 11 is 11.1. The van der Waals surface area contributed by atoms with Gasteiger partial charge in [-0.05, 0) is 50.7 Å². The molecule has 0 fully saturated rings. The van der Waals surface area contributed by atoms with E-state index in [9.17, 15) is 4.79 Å². The van der Waals surface area contributed by atoms with Gasteiger partial charge in [0.15, 0.2) is 0 Å². The molecule has 5 heteroatoms. The highest BCUT2D eigenvalue weighted by atomic mass is 127. The first-order chi connectivity index (χ1) is 6.06. The van der Waals surface area contributed by atoms with Crippen molar-refractivity contribution in [3.63, 3.8) is 0 Å². The number of halogens is 3. The maximum absolute atomic E-state index is 11.3. The SMILES string of the molecule is COC(=O)c1c(Br)cc(Cl)cc1I. The summed E-state index contributed by atoms with van der Waals surface area (Å²) < 4.78 is 6.04. The second-order valence-corrected chi connectivity index (χ2v) is 4.69. The summed E-state index contributed by atoms with van der Waals surface area (Å²) in [6.07, 6.45) is 0. The Labute approximate surface area is 103 Å². The first-order valence-electron chi connectivity index (χ1n) is 3.29. The minimum atomic E-state index is -0.368. The summed E-state index contributed by atoms with van der Waals surface area (Å²) in [5.74, 6) is -0.368. The Kier molecular flexibility index (Phi) is 4.00. The fourth-order valence-corrected chi connectivity index (χ4v) is 3.21. The van der Waals surface area contributed by atoms with E-state index in [0.29, 0.717) is 15.1 Å². The van der Waals surface area contributed by atoms with Gasteiger partial charge in [0, 0.05) is 13.1 Å². The van der Waals surface area contributed by atoms with Crippen molar-refractivity contribution in [2.45, 2.75) is 0 Å². The molecule has 1 aromatic carbocycles. The second-order valence-electron chi connectivity index (χ2n) is 2.24. The molecule has 0 spiro atoms. The van der Waals surface area contributed by atoms with Crippen LogP contribution in [0, 0.1) is 3.57 Å². The highest BCUT2D eigenvalue weighted by Crippen LogP contribution is 2.27. The molecule has 0 saturated heterocycles. The zero-order valence-corrected chi connectivity index (χ0v) is 11.1. The predicted molar refractivity (Wildman–Crippen MR) is 63.2 cm³/mol. The lowest BCUT2D eigenvalue weighted by Gasteiger charge is -2.05. The number of hydrogen-bond acceptors (Lipinski definition) is 2. The average Bonchev–Trinajstić information content (AvgIpc) is 2.02. The quantitative estimate of drug-likeness (QED) is 0.555. The van der Waals surface area contributed by atoms with Gasteiger partial charge in [-0.25, -0.2) is 4.79 Å². The van der Waals surface area contributed by atoms with Crippen LogP contribution >= 0.6 is 50.1 Å². The normalized spacial score (nSPS) is 9.85. The number of methoxy groups -OCH3 is 1. The van der Waals surface area contributed by atoms with Crippen LogP contribution in [0.15, 0.2) is 16.6 Å². The standard InChI is InChI=1S/C8H5BrClIO2/c1-13-8(12)7-5(9)2-4(10)3-6(7)11/h2-3H,1H3. The minimum Gasteiger partial charge on any atom is -0.465 e. The molecule has 1 aromatic rings. The molecular weight excluding hydrogens is 370 g/mol. The highest BCUT2D eigenvalue weighted by Gasteiger charge is 2.14. The maximum Gasteiger partial charge on any atom is 0.340 e. The van der Waals surface area contributed by atoms with Gasteiger partial charge in [0.25, 0.3) is 0 Å². The average molecular weight is 375 g/mol. The van der Waals surface area contributed by atoms with Gasteiger partial charge in [0.1, 0.15) is 0 Å². The molecule has 2 nitrogen and oxygen atoms in total. The van der Waals surface area contributed by atoms with Crippen LogP contribution in [-0.4, -0.2) is 13.1 Å². The smallest absolute Gasteiger partial charge is 0.340 e. The number of benzene rings is 1. The number of ether oxygens (including phenoxy) is 1. The van der Waals surface area contributed by atoms with Crippen LogP contribution in [0.1, 0.15) is 10.4 Å². The van der Waals surface area contributed by atoms with E-state index in [1.807, 2.05) is 22.6 Å². The fraction of sp³-hybridized carbons (Fsp3) is 0.125. The van der Waals surface area contributed by atoms with Crippen LogP contribution in [0.3, 0.4) is 0 Å². The Morgan fingerprint density at radius 2 is 2.23 bits per heavy atom. The number of carbonyl (C=O) groups excluding carboxylic acids is 1. The Bertz CT molecular complexity index is 331. The van der Waals surface area contributed by atoms with Gasteiger partial charge >= 0.3 is 5.97 Å². The van der Waals surface area contributed by atoms with Crippen molar-refractivity contribution in [1.82, 2.24) is 0 Å². The molecule has 0 saturated carbocycles. The third-order valence-corrected chi connectivity index (χ3v) is 3.09. The summed E-state index contributed by atoms with van der Waals surface area (Å²) in [6, 6.07) is 3.37. The zero-order valence-electron chi connectivity index (χ0n) is 6.61. The van der Waals surface area contributed by atoms with Crippen LogP contribution in [0.25, 0.3) is 0 Å². The Morgan fingerprint density at radius 1 is 1.62 bits per heavy atom. The first-order valence-corrected chi connectivity index (χ1v) is 5.54. The van der Waals surface area contributed by atoms with Crippen LogP contribution in [0.2, 0.25) is 5.02 Å². The highest BCUT2D eigenvalue weighted by molar-refractivity contribution is 14.1. The van der Waals surface area contributed by atoms with E-state index in [1.54, 1.807) is 12.1 Å². The molecule has 1 rings (SSSR count). The lowest BCUT2D eigenvalue weighted by atomic mass is 10.2. The Hall–Kier alpha value is 0.190. The molecule has 70 valence electrons. The summed E-state index contributed by atoms with van der Waals surface area (Å²) in [5, 5.41) is 0.587. The summed E-state index contributed by atoms with van der Waals surface area (Å²) in [4.78, 5) is 11.3. The van der Waals surface area contributed by atoms with Gasteiger partial charge in [-0.2, -0.15) is 0 Å². The van der Waals surface area contributed by atoms with Gasteiger partial charge in [-0.15, -0.1) is 0 Å². The molecule has 0 heterocycles. The summed E-state index contributed by atoms with van der Waals surface area (Å²) in [6.45, 7) is 0. The van der Waals surface area contributed by atoms with Crippen LogP contribution in [-0.2, 0) is 4.74 Å². The summed E-state index contributed by atoms with van der Waals surface area (Å²) in [7, 11) is 1.35. The number of esters is 1. The van der Waals surface area contributed by atoms with Gasteiger partial charge in [0.05, 0.1) is 12.7 Å². The third kappa shape index (κ3) is 2.57. The van der Waals surface area contributed by atoms with Gasteiger partial charge < -0.3 is 4.74 Å². The molecule has 0 aliphatic rings. The van der Waals surface area contributed by atoms with Crippen molar-refractivity contribution < 1.29 is 9.53 Å². The lowest BCUT2D eigenvalue weighted by molar-refractivity contribution is 0.0598. The van der Waals surface area contributed by atoms with Crippen molar-refractivity contribution in [2.75, 3.05) is 7.11 Å². The molecular formula is C8H5BrClIO2. The van der Waals surface area contributed by atoms with Crippen molar-refractivity contribution in [3.8, 4) is 0 Å². The van der Waals surface area contributed by atoms with Crippen molar-refractivity contribution in [3.05, 3.63) is 30.8 Å². The van der Waals surface area contributed by atoms with Crippen molar-refractivity contribution in [1.29, 1.82) is 0 Å². The predicted octanol–water partition coefficient (Wildman–Crippen LogP) is 3.49. The van der Waals surface area contributed by atoms with Crippen molar-refractivity contribution >= 4 is 56.1 Å². The van der Waals surface area contributed by atoms with E-state index in [-0.39, 0.29) is 5.97 Å². The van der Waals surface area contributed by atoms with Gasteiger partial charge in [-0.1, -0.05) is 11.6 Å². The third-order valence-electron chi connectivity index (χ3n) is 1.40. The van der Waals surface area contributed by atoms with E-state index in [2.05, 4.69) is 20.7 Å². The van der Waals surface area contributed by atoms with E-state index < -0.39 is 0 Å². The van der Waals surface area contributed by atoms with E-state index in [0.717, 1.165) is 3.57 Å². The molecule has 0 N–H and O–H groups in total. The lowest BCUT2D eigenvalue weighted by Crippen LogP contribution is -2.04. The summed E-state index contributed by atoms with van der Waals surface area (Å²) in [5.41, 5.74) is 0.507. The van der Waals surface area contributed by atoms with Gasteiger partial charge in [-0.3, -0.25) is 0 Å². The fourth-order valence-electron chi connectivity index (χ4n) is 0.839. The first kappa shape index (κ1) is 11.3. The molecule has 13 heavy (non-hydrogen) atoms. The molecule has 0 radical (unpaired) electrons. The Morgan fingerprint density at radius 3 is 2.69 bits per heavy atom.